The molecule has 9 nitrogen and oxygen atoms in total. The van der Waals surface area contributed by atoms with Gasteiger partial charge in [-0.25, -0.2) is 4.39 Å². The Kier molecular flexibility index (Phi) is 5.21. The summed E-state index contributed by atoms with van der Waals surface area (Å²) >= 11 is 0. The number of nitrogens with zero attached hydrogens (tertiary/aromatic N) is 2. The van der Waals surface area contributed by atoms with Crippen LogP contribution in [0.15, 0.2) is 53.6 Å². The number of nitrogens with one attached hydrogen (secondary N) is 2. The van der Waals surface area contributed by atoms with Gasteiger partial charge >= 0.3 is 0 Å². The van der Waals surface area contributed by atoms with Crippen molar-refractivity contribution >= 4 is 29.1 Å². The molecule has 0 spiro atoms. The smallest absolute Gasteiger partial charge is 0.285 e. The monoisotopic (exact) mass is 385 g/mol. The predicted molar refractivity (Wildman–Crippen MR) is 97.6 cm³/mol. The fraction of sp³-hybridized carbons (Fsp3) is 0.111. The zero-order valence-electron chi connectivity index (χ0n) is 14.4. The lowest BCUT2D eigenvalue weighted by Crippen LogP contribution is -2.45. The summed E-state index contributed by atoms with van der Waals surface area (Å²) in [4.78, 5) is 36.0. The minimum absolute atomic E-state index is 0.0286. The van der Waals surface area contributed by atoms with E-state index in [1.165, 1.54) is 41.4 Å². The third kappa shape index (κ3) is 3.90. The van der Waals surface area contributed by atoms with Gasteiger partial charge in [-0.2, -0.15) is 5.10 Å². The third-order valence-corrected chi connectivity index (χ3v) is 4.03. The molecule has 0 bridgehead atoms. The summed E-state index contributed by atoms with van der Waals surface area (Å²) in [5.41, 5.74) is 10.0. The second-order valence-corrected chi connectivity index (χ2v) is 5.92. The van der Waals surface area contributed by atoms with E-state index in [9.17, 15) is 23.9 Å². The number of rotatable bonds is 4. The number of anilines is 1. The molecule has 0 aliphatic carbocycles. The molecule has 1 atom stereocenters. The molecule has 144 valence electrons. The minimum atomic E-state index is -0.930. The molecule has 0 unspecified atom stereocenters. The van der Waals surface area contributed by atoms with Crippen LogP contribution in [-0.2, 0) is 9.59 Å². The van der Waals surface area contributed by atoms with Gasteiger partial charge in [0.15, 0.2) is 0 Å². The van der Waals surface area contributed by atoms with Crippen LogP contribution in [0.1, 0.15) is 16.8 Å². The Labute approximate surface area is 158 Å². The van der Waals surface area contributed by atoms with Gasteiger partial charge in [-0.05, 0) is 36.4 Å². The number of primary amides is 1. The summed E-state index contributed by atoms with van der Waals surface area (Å²) < 4.78 is 13.1. The largest absolute Gasteiger partial charge is 0.507 e. The number of hydrazone groups is 1. The predicted octanol–water partition coefficient (Wildman–Crippen LogP) is 0.413. The highest BCUT2D eigenvalue weighted by Crippen LogP contribution is 2.24. The van der Waals surface area contributed by atoms with Crippen molar-refractivity contribution in [2.24, 2.45) is 10.8 Å². The number of benzene rings is 2. The van der Waals surface area contributed by atoms with E-state index in [2.05, 4.69) is 16.0 Å². The van der Waals surface area contributed by atoms with Crippen LogP contribution in [0.5, 0.6) is 5.75 Å². The first-order valence-electron chi connectivity index (χ1n) is 8.17. The van der Waals surface area contributed by atoms with E-state index in [1.807, 2.05) is 0 Å². The number of aromatic hydroxyl groups is 1. The number of para-hydroxylation sites is 1. The van der Waals surface area contributed by atoms with Crippen LogP contribution in [0.4, 0.5) is 10.1 Å². The Morgan fingerprint density at radius 3 is 2.36 bits per heavy atom. The maximum Gasteiger partial charge on any atom is 0.285 e. The van der Waals surface area contributed by atoms with Crippen molar-refractivity contribution in [3.63, 3.8) is 0 Å². The Morgan fingerprint density at radius 1 is 1.07 bits per heavy atom. The fourth-order valence-electron chi connectivity index (χ4n) is 2.62. The number of phenols is 1. The zero-order valence-corrected chi connectivity index (χ0v) is 14.4. The van der Waals surface area contributed by atoms with E-state index in [1.54, 1.807) is 12.1 Å². The molecule has 10 heteroatoms. The standard InChI is InChI=1S/C18H16FN5O4/c19-10-5-7-11(8-6-10)24-14(16(20)26)9-13(23-24)18(28)22-21-17(27)12-3-1-2-4-15(12)25/h1-8,14,25H,9H2,(H2,20,26)(H,21,27)(H,22,28)/t14-/m0/s1. The third-order valence-electron chi connectivity index (χ3n) is 4.03. The van der Waals surface area contributed by atoms with Crippen LogP contribution >= 0.6 is 0 Å². The number of carbonyl (C=O) groups excluding carboxylic acids is 3. The Balaban J connectivity index is 1.71. The van der Waals surface area contributed by atoms with Crippen molar-refractivity contribution in [2.75, 3.05) is 5.01 Å². The van der Waals surface area contributed by atoms with Crippen molar-refractivity contribution in [2.45, 2.75) is 12.5 Å². The lowest BCUT2D eigenvalue weighted by atomic mass is 10.1. The first-order valence-corrected chi connectivity index (χ1v) is 8.17. The highest BCUT2D eigenvalue weighted by Gasteiger charge is 2.35. The van der Waals surface area contributed by atoms with E-state index in [0.29, 0.717) is 5.69 Å². The lowest BCUT2D eigenvalue weighted by Gasteiger charge is -2.20. The second kappa shape index (κ2) is 7.74. The van der Waals surface area contributed by atoms with E-state index in [0.717, 1.165) is 0 Å². The number of amides is 3. The number of nitrogens with two attached hydrogens (primary N) is 1. The normalized spacial score (nSPS) is 15.7. The molecule has 28 heavy (non-hydrogen) atoms. The van der Waals surface area contributed by atoms with Gasteiger partial charge < -0.3 is 10.8 Å². The Morgan fingerprint density at radius 2 is 1.71 bits per heavy atom. The maximum atomic E-state index is 13.1. The summed E-state index contributed by atoms with van der Waals surface area (Å²) in [6, 6.07) is 10.0. The summed E-state index contributed by atoms with van der Waals surface area (Å²) in [6.45, 7) is 0. The number of hydrogen-bond donors (Lipinski definition) is 4. The summed E-state index contributed by atoms with van der Waals surface area (Å²) in [7, 11) is 0. The molecule has 3 amide bonds. The number of carbonyl (C=O) groups is 3. The Hall–Kier alpha value is -3.95. The minimum Gasteiger partial charge on any atom is -0.507 e. The van der Waals surface area contributed by atoms with Gasteiger partial charge in [0.25, 0.3) is 11.8 Å². The van der Waals surface area contributed by atoms with Gasteiger partial charge in [0.05, 0.1) is 11.3 Å². The maximum absolute atomic E-state index is 13.1. The van der Waals surface area contributed by atoms with Gasteiger partial charge in [-0.3, -0.25) is 30.2 Å². The molecule has 2 aromatic carbocycles. The molecule has 1 aliphatic rings. The first-order chi connectivity index (χ1) is 13.4. The van der Waals surface area contributed by atoms with Crippen LogP contribution in [0, 0.1) is 5.82 Å². The first kappa shape index (κ1) is 18.8. The molecule has 3 rings (SSSR count). The molecule has 1 heterocycles. The molecule has 0 aromatic heterocycles. The molecule has 0 radical (unpaired) electrons. The van der Waals surface area contributed by atoms with Gasteiger partial charge in [0, 0.05) is 6.42 Å². The van der Waals surface area contributed by atoms with Crippen LogP contribution in [0.2, 0.25) is 0 Å². The van der Waals surface area contributed by atoms with Crippen LogP contribution in [0.3, 0.4) is 0 Å². The van der Waals surface area contributed by atoms with Crippen LogP contribution in [0.25, 0.3) is 0 Å². The molecule has 0 fully saturated rings. The van der Waals surface area contributed by atoms with E-state index < -0.39 is 29.6 Å². The number of phenolic OH excluding ortho intramolecular Hbond substituents is 1. The molecular weight excluding hydrogens is 369 g/mol. The zero-order chi connectivity index (χ0) is 20.3. The van der Waals surface area contributed by atoms with Gasteiger partial charge in [0.1, 0.15) is 23.3 Å². The highest BCUT2D eigenvalue weighted by molar-refractivity contribution is 6.40. The number of hydrazine groups is 1. The van der Waals surface area contributed by atoms with Gasteiger partial charge in [0.2, 0.25) is 5.91 Å². The van der Waals surface area contributed by atoms with Crippen molar-refractivity contribution in [3.8, 4) is 5.75 Å². The number of hydrogen-bond acceptors (Lipinski definition) is 6. The van der Waals surface area contributed by atoms with Crippen molar-refractivity contribution in [1.82, 2.24) is 10.9 Å². The van der Waals surface area contributed by atoms with Crippen molar-refractivity contribution in [1.29, 1.82) is 0 Å². The lowest BCUT2D eigenvalue weighted by molar-refractivity contribution is -0.119. The highest BCUT2D eigenvalue weighted by atomic mass is 19.1. The summed E-state index contributed by atoms with van der Waals surface area (Å²) in [5, 5.41) is 14.9. The van der Waals surface area contributed by atoms with Gasteiger partial charge in [-0.1, -0.05) is 12.1 Å². The van der Waals surface area contributed by atoms with E-state index >= 15 is 0 Å². The van der Waals surface area contributed by atoms with Gasteiger partial charge in [-0.15, -0.1) is 0 Å². The van der Waals surface area contributed by atoms with Crippen LogP contribution < -0.4 is 21.6 Å². The summed E-state index contributed by atoms with van der Waals surface area (Å²) in [6.07, 6.45) is -0.0923. The van der Waals surface area contributed by atoms with Crippen molar-refractivity contribution in [3.05, 3.63) is 59.9 Å². The van der Waals surface area contributed by atoms with Crippen molar-refractivity contribution < 1.29 is 23.9 Å². The van der Waals surface area contributed by atoms with Crippen LogP contribution in [-0.4, -0.2) is 34.6 Å². The molecule has 0 saturated carbocycles. The summed E-state index contributed by atoms with van der Waals surface area (Å²) in [5.74, 6) is -2.91. The molecular formula is C18H16FN5O4. The molecule has 5 N–H and O–H groups in total. The quantitative estimate of drug-likeness (QED) is 0.565. The molecule has 1 aliphatic heterocycles. The second-order valence-electron chi connectivity index (χ2n) is 5.92. The SMILES string of the molecule is NC(=O)[C@@H]1CC(C(=O)NNC(=O)c2ccccc2O)=NN1c1ccc(F)cc1. The van der Waals surface area contributed by atoms with E-state index in [4.69, 9.17) is 5.73 Å². The Bertz CT molecular complexity index is 961. The fourth-order valence-corrected chi connectivity index (χ4v) is 2.62. The average molecular weight is 385 g/mol. The average Bonchev–Trinajstić information content (AvgIpc) is 3.12. The molecule has 2 aromatic rings. The topological polar surface area (TPSA) is 137 Å². The molecule has 0 saturated heterocycles. The number of halogens is 1. The van der Waals surface area contributed by atoms with E-state index in [-0.39, 0.29) is 23.4 Å².